The van der Waals surface area contributed by atoms with E-state index in [4.69, 9.17) is 32.4 Å². The molecule has 0 spiro atoms. The largest absolute Gasteiger partial charge is 0.460 e. The molecule has 0 bridgehead atoms. The van der Waals surface area contributed by atoms with Crippen LogP contribution in [0, 0.1) is 0 Å². The van der Waals surface area contributed by atoms with Crippen molar-refractivity contribution < 1.29 is 9.15 Å². The van der Waals surface area contributed by atoms with Crippen molar-refractivity contribution in [3.63, 3.8) is 0 Å². The molecule has 1 aromatic heterocycles. The van der Waals surface area contributed by atoms with E-state index in [1.54, 1.807) is 6.07 Å². The molecule has 0 atom stereocenters. The van der Waals surface area contributed by atoms with Crippen LogP contribution in [0.15, 0.2) is 34.7 Å². The predicted octanol–water partition coefficient (Wildman–Crippen LogP) is 4.52. The van der Waals surface area contributed by atoms with Crippen LogP contribution in [-0.4, -0.2) is 44.3 Å². The number of benzene rings is 1. The molecule has 1 aliphatic rings. The van der Waals surface area contributed by atoms with Crippen LogP contribution in [0.3, 0.4) is 0 Å². The van der Waals surface area contributed by atoms with Gasteiger partial charge in [0.05, 0.1) is 24.8 Å². The van der Waals surface area contributed by atoms with E-state index in [9.17, 15) is 0 Å². The Morgan fingerprint density at radius 3 is 2.52 bits per heavy atom. The number of nitrogens with zero attached hydrogens (tertiary/aromatic N) is 1. The highest BCUT2D eigenvalue weighted by Gasteiger charge is 2.11. The molecule has 2 heterocycles. The normalized spacial score (nSPS) is 14.6. The lowest BCUT2D eigenvalue weighted by Crippen LogP contribution is -2.40. The van der Waals surface area contributed by atoms with E-state index in [1.165, 1.54) is 0 Å². The topological polar surface area (TPSA) is 37.6 Å². The summed E-state index contributed by atoms with van der Waals surface area (Å²) in [5.41, 5.74) is 0.857. The van der Waals surface area contributed by atoms with Crippen LogP contribution in [0.1, 0.15) is 5.76 Å². The maximum absolute atomic E-state index is 6.21. The molecule has 2 aromatic rings. The smallest absolute Gasteiger partial charge is 0.135 e. The molecular formula is C17H22Cl4N2O2. The number of rotatable bonds is 6. The number of furan rings is 1. The number of halogens is 4. The molecule has 1 saturated heterocycles. The van der Waals surface area contributed by atoms with Gasteiger partial charge in [-0.3, -0.25) is 4.90 Å². The van der Waals surface area contributed by atoms with Gasteiger partial charge in [0, 0.05) is 36.8 Å². The first kappa shape index (κ1) is 22.6. The second-order valence-corrected chi connectivity index (χ2v) is 6.36. The molecule has 0 radical (unpaired) electrons. The second-order valence-electron chi connectivity index (χ2n) is 5.52. The van der Waals surface area contributed by atoms with Gasteiger partial charge in [0.25, 0.3) is 0 Å². The zero-order valence-corrected chi connectivity index (χ0v) is 16.8. The Labute approximate surface area is 170 Å². The third kappa shape index (κ3) is 6.65. The first-order valence-corrected chi connectivity index (χ1v) is 8.53. The SMILES string of the molecule is Cl.Cl.Clc1ccc(-c2ccc(CNCCN3CCOCC3)o2)c(Cl)c1. The molecule has 0 amide bonds. The molecule has 1 aromatic carbocycles. The molecule has 140 valence electrons. The van der Waals surface area contributed by atoms with Crippen LogP contribution in [-0.2, 0) is 11.3 Å². The summed E-state index contributed by atoms with van der Waals surface area (Å²) in [5.74, 6) is 1.66. The van der Waals surface area contributed by atoms with Crippen molar-refractivity contribution in [3.8, 4) is 11.3 Å². The molecule has 0 saturated carbocycles. The molecule has 4 nitrogen and oxygen atoms in total. The van der Waals surface area contributed by atoms with Crippen molar-refractivity contribution in [2.75, 3.05) is 39.4 Å². The Balaban J connectivity index is 0.00000156. The van der Waals surface area contributed by atoms with Gasteiger partial charge in [0.15, 0.2) is 0 Å². The first-order valence-electron chi connectivity index (χ1n) is 7.77. The minimum atomic E-state index is 0. The van der Waals surface area contributed by atoms with E-state index in [0.717, 1.165) is 56.5 Å². The molecule has 1 N–H and O–H groups in total. The lowest BCUT2D eigenvalue weighted by atomic mass is 10.2. The Kier molecular flexibility index (Phi) is 10.2. The monoisotopic (exact) mass is 426 g/mol. The third-order valence-electron chi connectivity index (χ3n) is 3.87. The van der Waals surface area contributed by atoms with Crippen molar-refractivity contribution in [2.24, 2.45) is 0 Å². The number of nitrogens with one attached hydrogen (secondary N) is 1. The number of ether oxygens (including phenoxy) is 1. The Morgan fingerprint density at radius 2 is 1.80 bits per heavy atom. The molecule has 0 unspecified atom stereocenters. The average molecular weight is 428 g/mol. The van der Waals surface area contributed by atoms with Crippen LogP contribution in [0.2, 0.25) is 10.0 Å². The van der Waals surface area contributed by atoms with Gasteiger partial charge < -0.3 is 14.5 Å². The van der Waals surface area contributed by atoms with E-state index >= 15 is 0 Å². The summed E-state index contributed by atoms with van der Waals surface area (Å²) >= 11 is 12.1. The maximum atomic E-state index is 6.21. The number of hydrogen-bond acceptors (Lipinski definition) is 4. The maximum Gasteiger partial charge on any atom is 0.135 e. The highest BCUT2D eigenvalue weighted by molar-refractivity contribution is 6.36. The van der Waals surface area contributed by atoms with E-state index in [-0.39, 0.29) is 24.8 Å². The van der Waals surface area contributed by atoms with Gasteiger partial charge in [0.1, 0.15) is 11.5 Å². The van der Waals surface area contributed by atoms with Crippen LogP contribution < -0.4 is 5.32 Å². The van der Waals surface area contributed by atoms with E-state index in [2.05, 4.69) is 10.2 Å². The minimum Gasteiger partial charge on any atom is -0.460 e. The number of hydrogen-bond donors (Lipinski definition) is 1. The lowest BCUT2D eigenvalue weighted by Gasteiger charge is -2.26. The molecule has 25 heavy (non-hydrogen) atoms. The summed E-state index contributed by atoms with van der Waals surface area (Å²) in [7, 11) is 0. The molecular weight excluding hydrogens is 406 g/mol. The van der Waals surface area contributed by atoms with E-state index < -0.39 is 0 Å². The predicted molar refractivity (Wildman–Crippen MR) is 108 cm³/mol. The quantitative estimate of drug-likeness (QED) is 0.687. The van der Waals surface area contributed by atoms with Gasteiger partial charge in [-0.25, -0.2) is 0 Å². The van der Waals surface area contributed by atoms with E-state index in [1.807, 2.05) is 24.3 Å². The first-order chi connectivity index (χ1) is 11.2. The highest BCUT2D eigenvalue weighted by atomic mass is 35.5. The van der Waals surface area contributed by atoms with Crippen molar-refractivity contribution in [2.45, 2.75) is 6.54 Å². The Bertz CT molecular complexity index is 645. The summed E-state index contributed by atoms with van der Waals surface area (Å²) in [5, 5.41) is 4.62. The summed E-state index contributed by atoms with van der Waals surface area (Å²) in [4.78, 5) is 2.40. The van der Waals surface area contributed by atoms with Crippen molar-refractivity contribution >= 4 is 48.0 Å². The average Bonchev–Trinajstić information content (AvgIpc) is 3.01. The fourth-order valence-corrected chi connectivity index (χ4v) is 3.08. The fraction of sp³-hybridized carbons (Fsp3) is 0.412. The fourth-order valence-electron chi connectivity index (χ4n) is 2.58. The lowest BCUT2D eigenvalue weighted by molar-refractivity contribution is 0.0383. The Hall–Kier alpha value is -0.460. The molecule has 3 rings (SSSR count). The Morgan fingerprint density at radius 1 is 1.04 bits per heavy atom. The summed E-state index contributed by atoms with van der Waals surface area (Å²) in [6.07, 6.45) is 0. The van der Waals surface area contributed by atoms with Gasteiger partial charge in [-0.1, -0.05) is 23.2 Å². The molecule has 0 aliphatic carbocycles. The summed E-state index contributed by atoms with van der Waals surface area (Å²) in [6, 6.07) is 9.32. The van der Waals surface area contributed by atoms with Crippen LogP contribution in [0.4, 0.5) is 0 Å². The summed E-state index contributed by atoms with van der Waals surface area (Å²) < 4.78 is 11.2. The van der Waals surface area contributed by atoms with Crippen LogP contribution in [0.5, 0.6) is 0 Å². The van der Waals surface area contributed by atoms with E-state index in [0.29, 0.717) is 16.6 Å². The minimum absolute atomic E-state index is 0. The van der Waals surface area contributed by atoms with Crippen LogP contribution in [0.25, 0.3) is 11.3 Å². The molecule has 8 heteroatoms. The summed E-state index contributed by atoms with van der Waals surface area (Å²) in [6.45, 7) is 6.36. The van der Waals surface area contributed by atoms with Gasteiger partial charge in [-0.15, -0.1) is 24.8 Å². The van der Waals surface area contributed by atoms with Crippen molar-refractivity contribution in [1.82, 2.24) is 10.2 Å². The van der Waals surface area contributed by atoms with Gasteiger partial charge in [0.2, 0.25) is 0 Å². The highest BCUT2D eigenvalue weighted by Crippen LogP contribution is 2.31. The number of morpholine rings is 1. The zero-order chi connectivity index (χ0) is 16.1. The standard InChI is InChI=1S/C17H20Cl2N2O2.2ClH/c18-13-1-3-15(16(19)11-13)17-4-2-14(23-17)12-20-5-6-21-7-9-22-10-8-21;;/h1-4,11,20H,5-10,12H2;2*1H. The van der Waals surface area contributed by atoms with Crippen LogP contribution >= 0.6 is 48.0 Å². The zero-order valence-electron chi connectivity index (χ0n) is 13.7. The molecule has 1 fully saturated rings. The molecule has 1 aliphatic heterocycles. The van der Waals surface area contributed by atoms with Crippen molar-refractivity contribution in [1.29, 1.82) is 0 Å². The second kappa shape index (κ2) is 11.3. The van der Waals surface area contributed by atoms with Gasteiger partial charge in [-0.05, 0) is 30.3 Å². The van der Waals surface area contributed by atoms with Gasteiger partial charge >= 0.3 is 0 Å². The third-order valence-corrected chi connectivity index (χ3v) is 4.41. The van der Waals surface area contributed by atoms with Crippen molar-refractivity contribution in [3.05, 3.63) is 46.1 Å². The van der Waals surface area contributed by atoms with Gasteiger partial charge in [-0.2, -0.15) is 0 Å².